The molecule has 0 saturated carbocycles. The van der Waals surface area contributed by atoms with Gasteiger partial charge < -0.3 is 0 Å². The van der Waals surface area contributed by atoms with Gasteiger partial charge in [-0.1, -0.05) is 163 Å². The smallest absolute Gasteiger partial charge is 0.0794 e. The SMILES string of the molecule is Cc1ccc(-c2cc(-c3ccc(-c4ccccc4)cc3)nc3c2cc(-c2ccc(-c4ccccc4)cc2)c2ccccc23)cc1. The van der Waals surface area contributed by atoms with Crippen LogP contribution >= 0.6 is 0 Å². The van der Waals surface area contributed by atoms with Crippen molar-refractivity contribution in [3.63, 3.8) is 0 Å². The van der Waals surface area contributed by atoms with Gasteiger partial charge in [-0.2, -0.15) is 0 Å². The fourth-order valence-corrected chi connectivity index (χ4v) is 6.35. The number of fused-ring (bicyclic) bond motifs is 3. The van der Waals surface area contributed by atoms with E-state index in [9.17, 15) is 0 Å². The van der Waals surface area contributed by atoms with Crippen molar-refractivity contribution in [3.05, 3.63) is 175 Å². The molecule has 1 aromatic heterocycles. The summed E-state index contributed by atoms with van der Waals surface area (Å²) in [6, 6.07) is 61.0. The molecule has 1 nitrogen and oxygen atoms in total. The normalized spacial score (nSPS) is 11.2. The lowest BCUT2D eigenvalue weighted by Crippen LogP contribution is -1.93. The summed E-state index contributed by atoms with van der Waals surface area (Å²) in [6.45, 7) is 2.14. The molecule has 212 valence electrons. The molecule has 0 radical (unpaired) electrons. The molecule has 0 aliphatic rings. The molecule has 45 heavy (non-hydrogen) atoms. The van der Waals surface area contributed by atoms with E-state index in [1.165, 1.54) is 55.5 Å². The van der Waals surface area contributed by atoms with Crippen molar-refractivity contribution in [1.82, 2.24) is 4.98 Å². The van der Waals surface area contributed by atoms with Gasteiger partial charge in [0.2, 0.25) is 0 Å². The second-order valence-corrected chi connectivity index (χ2v) is 11.7. The third kappa shape index (κ3) is 5.09. The lowest BCUT2D eigenvalue weighted by molar-refractivity contribution is 1.40. The van der Waals surface area contributed by atoms with E-state index in [1.807, 2.05) is 0 Å². The molecule has 1 heterocycles. The van der Waals surface area contributed by atoms with E-state index in [1.54, 1.807) is 0 Å². The summed E-state index contributed by atoms with van der Waals surface area (Å²) in [5.41, 5.74) is 14.0. The van der Waals surface area contributed by atoms with Crippen LogP contribution in [-0.2, 0) is 0 Å². The van der Waals surface area contributed by atoms with Gasteiger partial charge in [0.25, 0.3) is 0 Å². The zero-order valence-electron chi connectivity index (χ0n) is 25.1. The Kier molecular flexibility index (Phi) is 6.77. The second kappa shape index (κ2) is 11.4. The first kappa shape index (κ1) is 26.8. The molecule has 0 N–H and O–H groups in total. The maximum Gasteiger partial charge on any atom is 0.0794 e. The highest BCUT2D eigenvalue weighted by Crippen LogP contribution is 2.40. The van der Waals surface area contributed by atoms with E-state index < -0.39 is 0 Å². The Hall–Kier alpha value is -5.79. The Morgan fingerprint density at radius 1 is 0.333 bits per heavy atom. The maximum atomic E-state index is 5.37. The molecule has 8 aromatic rings. The van der Waals surface area contributed by atoms with E-state index >= 15 is 0 Å². The lowest BCUT2D eigenvalue weighted by Gasteiger charge is -2.16. The van der Waals surface area contributed by atoms with Crippen LogP contribution in [0.3, 0.4) is 0 Å². The van der Waals surface area contributed by atoms with Crippen molar-refractivity contribution >= 4 is 21.7 Å². The summed E-state index contributed by atoms with van der Waals surface area (Å²) in [5.74, 6) is 0. The fourth-order valence-electron chi connectivity index (χ4n) is 6.35. The number of pyridine rings is 1. The van der Waals surface area contributed by atoms with E-state index in [4.69, 9.17) is 4.98 Å². The summed E-state index contributed by atoms with van der Waals surface area (Å²) in [7, 11) is 0. The Morgan fingerprint density at radius 3 is 1.33 bits per heavy atom. The molecule has 7 aromatic carbocycles. The molecule has 0 bridgehead atoms. The van der Waals surface area contributed by atoms with Gasteiger partial charge >= 0.3 is 0 Å². The van der Waals surface area contributed by atoms with Crippen molar-refractivity contribution in [2.75, 3.05) is 0 Å². The molecule has 0 atom stereocenters. The third-order valence-corrected chi connectivity index (χ3v) is 8.77. The van der Waals surface area contributed by atoms with Crippen LogP contribution in [0.25, 0.3) is 77.4 Å². The molecule has 0 aliphatic heterocycles. The highest BCUT2D eigenvalue weighted by molar-refractivity contribution is 6.16. The molecule has 0 unspecified atom stereocenters. The minimum Gasteiger partial charge on any atom is -0.247 e. The molecular formula is C44H31N. The first-order chi connectivity index (χ1) is 22.2. The van der Waals surface area contributed by atoms with Gasteiger partial charge in [0, 0.05) is 16.3 Å². The first-order valence-corrected chi connectivity index (χ1v) is 15.5. The minimum atomic E-state index is 0.975. The van der Waals surface area contributed by atoms with E-state index in [-0.39, 0.29) is 0 Å². The second-order valence-electron chi connectivity index (χ2n) is 11.7. The van der Waals surface area contributed by atoms with Crippen LogP contribution in [0.1, 0.15) is 5.56 Å². The number of aromatic nitrogens is 1. The van der Waals surface area contributed by atoms with Crippen LogP contribution < -0.4 is 0 Å². The van der Waals surface area contributed by atoms with Crippen molar-refractivity contribution in [3.8, 4) is 55.8 Å². The molecule has 0 saturated heterocycles. The maximum absolute atomic E-state index is 5.37. The lowest BCUT2D eigenvalue weighted by atomic mass is 9.90. The topological polar surface area (TPSA) is 12.9 Å². The van der Waals surface area contributed by atoms with Crippen molar-refractivity contribution < 1.29 is 0 Å². The average molecular weight is 574 g/mol. The first-order valence-electron chi connectivity index (χ1n) is 15.5. The summed E-state index contributed by atoms with van der Waals surface area (Å²) < 4.78 is 0. The Labute approximate surface area is 264 Å². The molecule has 0 aliphatic carbocycles. The van der Waals surface area contributed by atoms with Crippen LogP contribution in [0.5, 0.6) is 0 Å². The third-order valence-electron chi connectivity index (χ3n) is 8.77. The Bertz CT molecular complexity index is 2270. The Morgan fingerprint density at radius 2 is 0.756 bits per heavy atom. The van der Waals surface area contributed by atoms with Crippen molar-refractivity contribution in [1.29, 1.82) is 0 Å². The highest BCUT2D eigenvalue weighted by Gasteiger charge is 2.16. The van der Waals surface area contributed by atoms with Crippen LogP contribution in [-0.4, -0.2) is 4.98 Å². The molecular weight excluding hydrogens is 542 g/mol. The molecule has 8 rings (SSSR count). The average Bonchev–Trinajstić information content (AvgIpc) is 3.12. The number of nitrogens with zero attached hydrogens (tertiary/aromatic N) is 1. The molecule has 1 heteroatoms. The van der Waals surface area contributed by atoms with Crippen molar-refractivity contribution in [2.24, 2.45) is 0 Å². The molecule has 0 fully saturated rings. The quantitative estimate of drug-likeness (QED) is 0.187. The predicted molar refractivity (Wildman–Crippen MR) is 191 cm³/mol. The van der Waals surface area contributed by atoms with Gasteiger partial charge in [0.15, 0.2) is 0 Å². The summed E-state index contributed by atoms with van der Waals surface area (Å²) >= 11 is 0. The summed E-state index contributed by atoms with van der Waals surface area (Å²) in [4.78, 5) is 5.37. The molecule has 0 amide bonds. The van der Waals surface area contributed by atoms with Gasteiger partial charge in [-0.25, -0.2) is 4.98 Å². The predicted octanol–water partition coefficient (Wildman–Crippen LogP) is 12.0. The zero-order valence-corrected chi connectivity index (χ0v) is 25.1. The standard InChI is InChI=1S/C44H31N/c1-30-16-18-35(19-17-30)41-29-43(37-26-22-34(23-27-37)32-12-6-3-7-13-32)45-44-39-15-9-8-14-38(39)40(28-42(41)44)36-24-20-33(21-25-36)31-10-4-2-5-11-31/h2-29H,1H3. The van der Waals surface area contributed by atoms with Gasteiger partial charge in [0.05, 0.1) is 11.2 Å². The monoisotopic (exact) mass is 573 g/mol. The highest BCUT2D eigenvalue weighted by atomic mass is 14.7. The van der Waals surface area contributed by atoms with Crippen LogP contribution in [0.15, 0.2) is 170 Å². The molecule has 0 spiro atoms. The number of hydrogen-bond donors (Lipinski definition) is 0. The largest absolute Gasteiger partial charge is 0.247 e. The Balaban J connectivity index is 1.33. The van der Waals surface area contributed by atoms with Crippen LogP contribution in [0.2, 0.25) is 0 Å². The van der Waals surface area contributed by atoms with Crippen LogP contribution in [0, 0.1) is 6.92 Å². The summed E-state index contributed by atoms with van der Waals surface area (Å²) in [6.07, 6.45) is 0. The number of benzene rings is 7. The fraction of sp³-hybridized carbons (Fsp3) is 0.0227. The van der Waals surface area contributed by atoms with Crippen LogP contribution in [0.4, 0.5) is 0 Å². The zero-order chi connectivity index (χ0) is 30.2. The number of hydrogen-bond acceptors (Lipinski definition) is 1. The minimum absolute atomic E-state index is 0.975. The van der Waals surface area contributed by atoms with E-state index in [0.29, 0.717) is 0 Å². The van der Waals surface area contributed by atoms with Gasteiger partial charge in [-0.05, 0) is 69.0 Å². The van der Waals surface area contributed by atoms with E-state index in [2.05, 4.69) is 177 Å². The van der Waals surface area contributed by atoms with Gasteiger partial charge in [-0.15, -0.1) is 0 Å². The van der Waals surface area contributed by atoms with Crippen molar-refractivity contribution in [2.45, 2.75) is 6.92 Å². The van der Waals surface area contributed by atoms with Gasteiger partial charge in [-0.3, -0.25) is 0 Å². The number of aryl methyl sites for hydroxylation is 1. The van der Waals surface area contributed by atoms with E-state index in [0.717, 1.165) is 27.5 Å². The number of rotatable bonds is 5. The van der Waals surface area contributed by atoms with Gasteiger partial charge in [0.1, 0.15) is 0 Å². The summed E-state index contributed by atoms with van der Waals surface area (Å²) in [5, 5.41) is 3.52.